The molecule has 0 radical (unpaired) electrons. The summed E-state index contributed by atoms with van der Waals surface area (Å²) in [7, 11) is 3.42. The molecule has 2 aromatic heterocycles. The van der Waals surface area contributed by atoms with Crippen LogP contribution in [0.15, 0.2) is 53.3 Å². The highest BCUT2D eigenvalue weighted by atomic mass is 16.5. The number of hydrogen-bond acceptors (Lipinski definition) is 4. The highest BCUT2D eigenvalue weighted by molar-refractivity contribution is 6.16. The van der Waals surface area contributed by atoms with Gasteiger partial charge >= 0.3 is 0 Å². The molecule has 0 unspecified atom stereocenters. The lowest BCUT2D eigenvalue weighted by atomic mass is 10.1. The van der Waals surface area contributed by atoms with E-state index in [0.717, 1.165) is 17.3 Å². The van der Waals surface area contributed by atoms with Crippen molar-refractivity contribution in [1.29, 1.82) is 0 Å². The van der Waals surface area contributed by atoms with Crippen LogP contribution in [0.3, 0.4) is 0 Å². The highest BCUT2D eigenvalue weighted by Crippen LogP contribution is 2.28. The van der Waals surface area contributed by atoms with Gasteiger partial charge in [-0.3, -0.25) is 9.59 Å². The van der Waals surface area contributed by atoms with Crippen LogP contribution < -0.4 is 15.6 Å². The monoisotopic (exact) mass is 404 g/mol. The molecule has 2 aromatic carbocycles. The van der Waals surface area contributed by atoms with Crippen molar-refractivity contribution in [1.82, 2.24) is 19.7 Å². The van der Waals surface area contributed by atoms with Crippen molar-refractivity contribution < 1.29 is 9.53 Å². The number of aryl methyl sites for hydroxylation is 1. The van der Waals surface area contributed by atoms with Gasteiger partial charge in [0, 0.05) is 29.4 Å². The van der Waals surface area contributed by atoms with Crippen molar-refractivity contribution in [3.63, 3.8) is 0 Å². The Kier molecular flexibility index (Phi) is 5.03. The Morgan fingerprint density at radius 2 is 1.87 bits per heavy atom. The number of benzene rings is 2. The topological polar surface area (TPSA) is 78.2 Å². The molecule has 4 rings (SSSR count). The van der Waals surface area contributed by atoms with E-state index in [1.54, 1.807) is 31.4 Å². The summed E-state index contributed by atoms with van der Waals surface area (Å²) < 4.78 is 8.32. The molecule has 154 valence electrons. The fourth-order valence-corrected chi connectivity index (χ4v) is 3.63. The van der Waals surface area contributed by atoms with E-state index >= 15 is 0 Å². The van der Waals surface area contributed by atoms with E-state index in [1.165, 1.54) is 4.68 Å². The van der Waals surface area contributed by atoms with Gasteiger partial charge < -0.3 is 14.6 Å². The van der Waals surface area contributed by atoms with Gasteiger partial charge in [0.1, 0.15) is 11.3 Å². The molecule has 0 aliphatic heterocycles. The largest absolute Gasteiger partial charge is 0.497 e. The van der Waals surface area contributed by atoms with Crippen LogP contribution >= 0.6 is 0 Å². The molecule has 1 atom stereocenters. The summed E-state index contributed by atoms with van der Waals surface area (Å²) >= 11 is 0. The Bertz CT molecular complexity index is 1300. The molecule has 0 bridgehead atoms. The van der Waals surface area contributed by atoms with Crippen molar-refractivity contribution in [3.8, 4) is 11.4 Å². The minimum atomic E-state index is -0.298. The van der Waals surface area contributed by atoms with Crippen LogP contribution in [0, 0.1) is 0 Å². The summed E-state index contributed by atoms with van der Waals surface area (Å²) in [6.07, 6.45) is 0.794. The molecule has 0 saturated carbocycles. The number of carbonyl (C=O) groups is 1. The number of para-hydroxylation sites is 1. The fraction of sp³-hybridized carbons (Fsp3) is 0.261. The molecule has 0 aliphatic rings. The molecule has 0 saturated heterocycles. The zero-order valence-electron chi connectivity index (χ0n) is 17.5. The summed E-state index contributed by atoms with van der Waals surface area (Å²) in [6.45, 7) is 3.95. The van der Waals surface area contributed by atoms with Crippen LogP contribution in [0.4, 0.5) is 0 Å². The van der Waals surface area contributed by atoms with Crippen molar-refractivity contribution in [2.45, 2.75) is 26.3 Å². The van der Waals surface area contributed by atoms with Gasteiger partial charge in [-0.25, -0.2) is 0 Å². The third kappa shape index (κ3) is 3.12. The molecule has 0 fully saturated rings. The first-order chi connectivity index (χ1) is 14.5. The molecule has 7 nitrogen and oxygen atoms in total. The maximum Gasteiger partial charge on any atom is 0.296 e. The maximum absolute atomic E-state index is 13.4. The molecule has 7 heteroatoms. The van der Waals surface area contributed by atoms with Crippen LogP contribution in [-0.4, -0.2) is 33.4 Å². The van der Waals surface area contributed by atoms with Crippen LogP contribution in [-0.2, 0) is 7.05 Å². The Morgan fingerprint density at radius 3 is 2.53 bits per heavy atom. The molecule has 4 aromatic rings. The molecule has 0 spiro atoms. The number of aromatic nitrogens is 3. The van der Waals surface area contributed by atoms with Gasteiger partial charge in [-0.1, -0.05) is 25.1 Å². The number of nitrogens with zero attached hydrogens (tertiary/aromatic N) is 3. The quantitative estimate of drug-likeness (QED) is 0.553. The van der Waals surface area contributed by atoms with Gasteiger partial charge in [-0.15, -0.1) is 0 Å². The number of ether oxygens (including phenoxy) is 1. The Balaban J connectivity index is 2.06. The third-order valence-electron chi connectivity index (χ3n) is 5.46. The standard InChI is InChI=1S/C23H24N4O3/c1-5-14(2)24-22(28)20-19-17-8-6-7-9-18(17)26(3)21(19)23(29)27(25-20)15-10-12-16(30-4)13-11-15/h6-14H,5H2,1-4H3,(H,24,28)/t14-/m0/s1. The van der Waals surface area contributed by atoms with E-state index in [4.69, 9.17) is 4.74 Å². The number of rotatable bonds is 5. The van der Waals surface area contributed by atoms with Gasteiger partial charge in [-0.05, 0) is 43.7 Å². The smallest absolute Gasteiger partial charge is 0.296 e. The minimum Gasteiger partial charge on any atom is -0.497 e. The Hall–Kier alpha value is -3.61. The second-order valence-electron chi connectivity index (χ2n) is 7.35. The summed E-state index contributed by atoms with van der Waals surface area (Å²) in [4.78, 5) is 26.6. The van der Waals surface area contributed by atoms with E-state index in [1.807, 2.05) is 49.7 Å². The van der Waals surface area contributed by atoms with Gasteiger partial charge in [0.05, 0.1) is 12.8 Å². The molecule has 30 heavy (non-hydrogen) atoms. The maximum atomic E-state index is 13.4. The number of carbonyl (C=O) groups excluding carboxylic acids is 1. The number of hydrogen-bond donors (Lipinski definition) is 1. The Labute approximate surface area is 173 Å². The molecular formula is C23H24N4O3. The molecular weight excluding hydrogens is 380 g/mol. The lowest BCUT2D eigenvalue weighted by molar-refractivity contribution is 0.0934. The number of amides is 1. The van der Waals surface area contributed by atoms with E-state index < -0.39 is 0 Å². The Morgan fingerprint density at radius 1 is 1.17 bits per heavy atom. The van der Waals surface area contributed by atoms with Crippen LogP contribution in [0.2, 0.25) is 0 Å². The van der Waals surface area contributed by atoms with Gasteiger partial charge in [-0.2, -0.15) is 9.78 Å². The lowest BCUT2D eigenvalue weighted by Crippen LogP contribution is -2.35. The number of nitrogens with one attached hydrogen (secondary N) is 1. The third-order valence-corrected chi connectivity index (χ3v) is 5.46. The first-order valence-corrected chi connectivity index (χ1v) is 9.92. The summed E-state index contributed by atoms with van der Waals surface area (Å²) in [5.74, 6) is 0.375. The fourth-order valence-electron chi connectivity index (χ4n) is 3.63. The van der Waals surface area contributed by atoms with E-state index in [0.29, 0.717) is 22.3 Å². The normalized spacial score (nSPS) is 12.3. The van der Waals surface area contributed by atoms with Crippen LogP contribution in [0.5, 0.6) is 5.75 Å². The highest BCUT2D eigenvalue weighted by Gasteiger charge is 2.23. The predicted molar refractivity (Wildman–Crippen MR) is 118 cm³/mol. The van der Waals surface area contributed by atoms with Gasteiger partial charge in [0.25, 0.3) is 11.5 Å². The van der Waals surface area contributed by atoms with E-state index in [-0.39, 0.29) is 23.2 Å². The number of fused-ring (bicyclic) bond motifs is 3. The number of methoxy groups -OCH3 is 1. The summed E-state index contributed by atoms with van der Waals surface area (Å²) in [5.41, 5.74) is 1.82. The average Bonchev–Trinajstić information content (AvgIpc) is 3.07. The second-order valence-corrected chi connectivity index (χ2v) is 7.35. The molecule has 2 heterocycles. The van der Waals surface area contributed by atoms with Crippen LogP contribution in [0.25, 0.3) is 27.5 Å². The molecule has 0 aliphatic carbocycles. The molecule has 1 amide bonds. The molecule has 1 N–H and O–H groups in total. The van der Waals surface area contributed by atoms with Gasteiger partial charge in [0.2, 0.25) is 0 Å². The van der Waals surface area contributed by atoms with Crippen molar-refractivity contribution in [3.05, 3.63) is 64.6 Å². The van der Waals surface area contributed by atoms with Crippen molar-refractivity contribution in [2.24, 2.45) is 7.05 Å². The average molecular weight is 404 g/mol. The minimum absolute atomic E-state index is 0.00862. The van der Waals surface area contributed by atoms with Crippen molar-refractivity contribution >= 4 is 27.7 Å². The van der Waals surface area contributed by atoms with E-state index in [2.05, 4.69) is 10.4 Å². The summed E-state index contributed by atoms with van der Waals surface area (Å²) in [6, 6.07) is 14.7. The zero-order chi connectivity index (χ0) is 21.4. The van der Waals surface area contributed by atoms with E-state index in [9.17, 15) is 9.59 Å². The summed E-state index contributed by atoms with van der Waals surface area (Å²) in [5, 5.41) is 8.90. The second kappa shape index (κ2) is 7.67. The van der Waals surface area contributed by atoms with Gasteiger partial charge in [0.15, 0.2) is 5.69 Å². The van der Waals surface area contributed by atoms with Crippen LogP contribution in [0.1, 0.15) is 30.8 Å². The zero-order valence-corrected chi connectivity index (χ0v) is 17.5. The first kappa shape index (κ1) is 19.7. The predicted octanol–water partition coefficient (Wildman–Crippen LogP) is 3.41. The SMILES string of the molecule is CC[C@H](C)NC(=O)c1nn(-c2ccc(OC)cc2)c(=O)c2c1c1ccccc1n2C. The first-order valence-electron chi connectivity index (χ1n) is 9.92. The van der Waals surface area contributed by atoms with Crippen molar-refractivity contribution in [2.75, 3.05) is 7.11 Å². The lowest BCUT2D eigenvalue weighted by Gasteiger charge is -2.14.